The second-order valence-corrected chi connectivity index (χ2v) is 5.47. The number of allylic oxidation sites excluding steroid dienone is 2. The number of nitrogens with one attached hydrogen (secondary N) is 1. The number of aromatic amines is 1. The van der Waals surface area contributed by atoms with Gasteiger partial charge >= 0.3 is 6.18 Å². The van der Waals surface area contributed by atoms with Gasteiger partial charge in [0.05, 0.1) is 16.9 Å². The van der Waals surface area contributed by atoms with E-state index in [1.54, 1.807) is 12.2 Å². The average molecular weight is 365 g/mol. The molecule has 1 aromatic carbocycles. The van der Waals surface area contributed by atoms with Gasteiger partial charge < -0.3 is 5.11 Å². The van der Waals surface area contributed by atoms with Crippen LogP contribution in [0.25, 0.3) is 11.8 Å². The Morgan fingerprint density at radius 3 is 2.72 bits per heavy atom. The minimum atomic E-state index is -4.55. The first-order chi connectivity index (χ1) is 11.8. The molecular weight excluding hydrogens is 355 g/mol. The van der Waals surface area contributed by atoms with Crippen molar-refractivity contribution in [3.63, 3.8) is 0 Å². The van der Waals surface area contributed by atoms with Crippen molar-refractivity contribution in [3.8, 4) is 11.6 Å². The number of hydrogen-bond donors (Lipinski definition) is 2. The standard InChI is InChI=1S/C16H10F3N3O2S/c17-16(18,19)9-3-1-5-11(7-9)22-14(24)12(13(23)21-15(22)25)8-10-4-2-6-20-10/h1-8,24H,(H,21,23,25)/b10-8+. The third kappa shape index (κ3) is 3.31. The lowest BCUT2D eigenvalue weighted by atomic mass is 10.2. The van der Waals surface area contributed by atoms with Crippen molar-refractivity contribution < 1.29 is 18.3 Å². The smallest absolute Gasteiger partial charge is 0.416 e. The van der Waals surface area contributed by atoms with Crippen molar-refractivity contribution in [1.82, 2.24) is 9.55 Å². The highest BCUT2D eigenvalue weighted by Crippen LogP contribution is 2.31. The molecule has 9 heteroatoms. The van der Waals surface area contributed by atoms with Crippen LogP contribution in [0.5, 0.6) is 5.88 Å². The zero-order chi connectivity index (χ0) is 18.2. The summed E-state index contributed by atoms with van der Waals surface area (Å²) in [5.41, 5.74) is -1.36. The maximum atomic E-state index is 12.9. The molecular formula is C16H10F3N3O2S. The summed E-state index contributed by atoms with van der Waals surface area (Å²) in [6.45, 7) is 0. The van der Waals surface area contributed by atoms with E-state index < -0.39 is 23.2 Å². The maximum Gasteiger partial charge on any atom is 0.416 e. The van der Waals surface area contributed by atoms with Crippen LogP contribution >= 0.6 is 12.2 Å². The second-order valence-electron chi connectivity index (χ2n) is 5.09. The van der Waals surface area contributed by atoms with Crippen molar-refractivity contribution >= 4 is 24.5 Å². The van der Waals surface area contributed by atoms with E-state index in [9.17, 15) is 23.1 Å². The molecule has 3 rings (SSSR count). The van der Waals surface area contributed by atoms with Gasteiger partial charge in [-0.3, -0.25) is 19.3 Å². The molecule has 0 bridgehead atoms. The van der Waals surface area contributed by atoms with Crippen molar-refractivity contribution in [2.75, 3.05) is 0 Å². The van der Waals surface area contributed by atoms with Gasteiger partial charge in [0, 0.05) is 6.21 Å². The van der Waals surface area contributed by atoms with E-state index in [0.717, 1.165) is 16.7 Å². The zero-order valence-corrected chi connectivity index (χ0v) is 13.2. The fourth-order valence-corrected chi connectivity index (χ4v) is 2.56. The Balaban J connectivity index is 2.23. The highest BCUT2D eigenvalue weighted by molar-refractivity contribution is 7.71. The number of alkyl halides is 3. The molecule has 128 valence electrons. The predicted molar refractivity (Wildman–Crippen MR) is 89.5 cm³/mol. The molecule has 0 unspecified atom stereocenters. The Morgan fingerprint density at radius 2 is 2.08 bits per heavy atom. The van der Waals surface area contributed by atoms with Crippen LogP contribution in [-0.4, -0.2) is 20.9 Å². The van der Waals surface area contributed by atoms with Gasteiger partial charge in [-0.1, -0.05) is 6.07 Å². The van der Waals surface area contributed by atoms with E-state index in [-0.39, 0.29) is 16.0 Å². The highest BCUT2D eigenvalue weighted by atomic mass is 32.1. The Bertz CT molecular complexity index is 1030. The SMILES string of the molecule is O=c1[nH]c(=S)n(-c2cccc(C(F)(F)F)c2)c(O)c1/C=C1\C=CC=N1. The number of H-pyrrole nitrogens is 1. The first-order valence-corrected chi connectivity index (χ1v) is 7.36. The largest absolute Gasteiger partial charge is 0.494 e. The molecule has 0 radical (unpaired) electrons. The number of aromatic hydroxyl groups is 1. The average Bonchev–Trinajstić information content (AvgIpc) is 3.04. The molecule has 0 fully saturated rings. The molecule has 0 aliphatic carbocycles. The van der Waals surface area contributed by atoms with Gasteiger partial charge in [0.2, 0.25) is 5.88 Å². The van der Waals surface area contributed by atoms with Gasteiger partial charge in [0.1, 0.15) is 5.56 Å². The molecule has 1 aliphatic rings. The number of aliphatic imine (C=N–C) groups is 1. The minimum Gasteiger partial charge on any atom is -0.494 e. The summed E-state index contributed by atoms with van der Waals surface area (Å²) in [6.07, 6.45) is 1.51. The Hall–Kier alpha value is -2.94. The molecule has 1 aromatic heterocycles. The molecule has 0 saturated heterocycles. The quantitative estimate of drug-likeness (QED) is 0.799. The Morgan fingerprint density at radius 1 is 1.32 bits per heavy atom. The summed E-state index contributed by atoms with van der Waals surface area (Å²) < 4.78 is 39.5. The van der Waals surface area contributed by atoms with Gasteiger partial charge in [-0.15, -0.1) is 0 Å². The lowest BCUT2D eigenvalue weighted by Gasteiger charge is -2.13. The number of benzene rings is 1. The number of rotatable bonds is 2. The van der Waals surface area contributed by atoms with E-state index in [4.69, 9.17) is 12.2 Å². The summed E-state index contributed by atoms with van der Waals surface area (Å²) in [7, 11) is 0. The van der Waals surface area contributed by atoms with Crippen LogP contribution in [0.4, 0.5) is 13.2 Å². The first-order valence-electron chi connectivity index (χ1n) is 6.96. The lowest BCUT2D eigenvalue weighted by Crippen LogP contribution is -2.16. The van der Waals surface area contributed by atoms with Crippen molar-refractivity contribution in [2.24, 2.45) is 4.99 Å². The molecule has 25 heavy (non-hydrogen) atoms. The summed E-state index contributed by atoms with van der Waals surface area (Å²) in [4.78, 5) is 18.4. The number of hydrogen-bond acceptors (Lipinski definition) is 4. The van der Waals surface area contributed by atoms with Gasteiger partial charge in [-0.2, -0.15) is 13.2 Å². The normalized spacial score (nSPS) is 15.2. The van der Waals surface area contributed by atoms with Crippen LogP contribution in [0, 0.1) is 4.77 Å². The molecule has 2 aromatic rings. The van der Waals surface area contributed by atoms with Crippen LogP contribution in [0.3, 0.4) is 0 Å². The summed E-state index contributed by atoms with van der Waals surface area (Å²) in [6, 6.07) is 4.26. The second kappa shape index (κ2) is 6.17. The predicted octanol–water partition coefficient (Wildman–Crippen LogP) is 3.60. The van der Waals surface area contributed by atoms with Gasteiger partial charge in [-0.25, -0.2) is 0 Å². The Kier molecular flexibility index (Phi) is 4.17. The summed E-state index contributed by atoms with van der Waals surface area (Å²) in [5.74, 6) is -0.573. The number of aromatic nitrogens is 2. The third-order valence-corrected chi connectivity index (χ3v) is 3.71. The molecule has 0 spiro atoms. The van der Waals surface area contributed by atoms with E-state index in [2.05, 4.69) is 9.98 Å². The van der Waals surface area contributed by atoms with Crippen LogP contribution in [0.1, 0.15) is 11.1 Å². The lowest BCUT2D eigenvalue weighted by molar-refractivity contribution is -0.137. The molecule has 2 heterocycles. The van der Waals surface area contributed by atoms with Gasteiger partial charge in [0.15, 0.2) is 4.77 Å². The monoisotopic (exact) mass is 365 g/mol. The van der Waals surface area contributed by atoms with Gasteiger partial charge in [-0.05, 0) is 48.6 Å². The minimum absolute atomic E-state index is 0.0290. The Labute approximate surface area is 144 Å². The molecule has 2 N–H and O–H groups in total. The van der Waals surface area contributed by atoms with E-state index in [0.29, 0.717) is 5.70 Å². The molecule has 0 saturated carbocycles. The molecule has 5 nitrogen and oxygen atoms in total. The fraction of sp³-hybridized carbons (Fsp3) is 0.0625. The van der Waals surface area contributed by atoms with Gasteiger partial charge in [0.25, 0.3) is 5.56 Å². The van der Waals surface area contributed by atoms with Crippen LogP contribution < -0.4 is 5.56 Å². The fourth-order valence-electron chi connectivity index (χ4n) is 2.28. The van der Waals surface area contributed by atoms with Crippen molar-refractivity contribution in [1.29, 1.82) is 0 Å². The highest BCUT2D eigenvalue weighted by Gasteiger charge is 2.30. The molecule has 0 amide bonds. The van der Waals surface area contributed by atoms with Crippen LogP contribution in [0.2, 0.25) is 0 Å². The topological polar surface area (TPSA) is 70.4 Å². The summed E-state index contributed by atoms with van der Waals surface area (Å²) in [5, 5.41) is 10.4. The van der Waals surface area contributed by atoms with E-state index >= 15 is 0 Å². The summed E-state index contributed by atoms with van der Waals surface area (Å²) >= 11 is 4.99. The van der Waals surface area contributed by atoms with Crippen molar-refractivity contribution in [2.45, 2.75) is 6.18 Å². The van der Waals surface area contributed by atoms with Crippen LogP contribution in [0.15, 0.2) is 51.9 Å². The third-order valence-electron chi connectivity index (χ3n) is 3.42. The number of halogens is 3. The zero-order valence-electron chi connectivity index (χ0n) is 12.4. The van der Waals surface area contributed by atoms with Crippen molar-refractivity contribution in [3.05, 3.63) is 68.4 Å². The molecule has 0 atom stereocenters. The van der Waals surface area contributed by atoms with Crippen LogP contribution in [-0.2, 0) is 6.18 Å². The van der Waals surface area contributed by atoms with E-state index in [1.807, 2.05) is 0 Å². The first kappa shape index (κ1) is 16.9. The maximum absolute atomic E-state index is 12.9. The number of nitrogens with zero attached hydrogens (tertiary/aromatic N) is 2. The van der Waals surface area contributed by atoms with E-state index in [1.165, 1.54) is 24.4 Å². The molecule has 1 aliphatic heterocycles.